The Labute approximate surface area is 180 Å². The maximum atomic E-state index is 13.3. The minimum Gasteiger partial charge on any atom is -0.495 e. The summed E-state index contributed by atoms with van der Waals surface area (Å²) in [7, 11) is 2.87. The Morgan fingerprint density at radius 2 is 1.97 bits per heavy atom. The van der Waals surface area contributed by atoms with E-state index in [2.05, 4.69) is 20.6 Å². The molecule has 31 heavy (non-hydrogen) atoms. The van der Waals surface area contributed by atoms with Crippen molar-refractivity contribution in [1.29, 1.82) is 0 Å². The Balaban J connectivity index is 1.62. The predicted molar refractivity (Wildman–Crippen MR) is 109 cm³/mol. The van der Waals surface area contributed by atoms with Crippen LogP contribution in [0, 0.1) is 0 Å². The van der Waals surface area contributed by atoms with Crippen LogP contribution in [0.4, 0.5) is 23.7 Å². The summed E-state index contributed by atoms with van der Waals surface area (Å²) < 4.78 is 51.2. The maximum absolute atomic E-state index is 13.3. The van der Waals surface area contributed by atoms with Crippen molar-refractivity contribution in [2.45, 2.75) is 19.1 Å². The topological polar surface area (TPSA) is 90.3 Å². The molecule has 0 aliphatic rings. The Bertz CT molecular complexity index is 1090. The molecule has 2 amide bonds. The molecule has 0 saturated carbocycles. The van der Waals surface area contributed by atoms with Gasteiger partial charge in [0.1, 0.15) is 17.0 Å². The van der Waals surface area contributed by atoms with Gasteiger partial charge in [-0.1, -0.05) is 11.6 Å². The number of hydrogen-bond acceptors (Lipinski definition) is 5. The van der Waals surface area contributed by atoms with Crippen molar-refractivity contribution in [3.05, 3.63) is 41.3 Å². The van der Waals surface area contributed by atoms with Crippen LogP contribution in [0.1, 0.15) is 12.2 Å². The summed E-state index contributed by atoms with van der Waals surface area (Å²) in [6, 6.07) is 5.41. The highest BCUT2D eigenvalue weighted by Crippen LogP contribution is 2.36. The van der Waals surface area contributed by atoms with Gasteiger partial charge in [-0.25, -0.2) is 14.8 Å². The molecule has 0 radical (unpaired) electrons. The molecule has 0 fully saturated rings. The largest absolute Gasteiger partial charge is 0.495 e. The highest BCUT2D eigenvalue weighted by atomic mass is 35.5. The minimum absolute atomic E-state index is 0.0275. The highest BCUT2D eigenvalue weighted by molar-refractivity contribution is 6.32. The Kier molecular flexibility index (Phi) is 6.74. The normalized spacial score (nSPS) is 11.4. The molecule has 8 nitrogen and oxygen atoms in total. The van der Waals surface area contributed by atoms with Crippen LogP contribution in [0.5, 0.6) is 11.5 Å². The van der Waals surface area contributed by atoms with Gasteiger partial charge >= 0.3 is 12.2 Å². The number of methoxy groups -OCH3 is 2. The monoisotopic (exact) mass is 457 g/mol. The van der Waals surface area contributed by atoms with Crippen LogP contribution in [-0.4, -0.2) is 41.3 Å². The van der Waals surface area contributed by atoms with E-state index in [-0.39, 0.29) is 35.7 Å². The minimum atomic E-state index is -4.62. The number of urea groups is 1. The van der Waals surface area contributed by atoms with Gasteiger partial charge in [-0.15, -0.1) is 0 Å². The molecular weight excluding hydrogens is 439 g/mol. The van der Waals surface area contributed by atoms with Crippen molar-refractivity contribution in [3.63, 3.8) is 0 Å². The van der Waals surface area contributed by atoms with E-state index < -0.39 is 18.0 Å². The number of rotatable bonds is 7. The molecule has 2 heterocycles. The van der Waals surface area contributed by atoms with E-state index in [1.807, 2.05) is 0 Å². The zero-order valence-electron chi connectivity index (χ0n) is 16.6. The molecule has 2 aromatic heterocycles. The number of nitrogens with zero attached hydrogens (tertiary/aromatic N) is 3. The van der Waals surface area contributed by atoms with Crippen molar-refractivity contribution < 1.29 is 27.4 Å². The lowest BCUT2D eigenvalue weighted by Crippen LogP contribution is -2.30. The number of fused-ring (bicyclic) bond motifs is 1. The summed E-state index contributed by atoms with van der Waals surface area (Å²) in [6.07, 6.45) is -2.99. The number of carbonyl (C=O) groups excluding carboxylic acids is 1. The summed E-state index contributed by atoms with van der Waals surface area (Å²) >= 11 is 6.07. The van der Waals surface area contributed by atoms with Crippen molar-refractivity contribution in [2.75, 3.05) is 26.1 Å². The number of aryl methyl sites for hydroxylation is 1. The van der Waals surface area contributed by atoms with Crippen molar-refractivity contribution in [1.82, 2.24) is 19.9 Å². The third kappa shape index (κ3) is 5.10. The lowest BCUT2D eigenvalue weighted by molar-refractivity contribution is -0.147. The Hall–Kier alpha value is -3.21. The number of imidazole rings is 1. The summed E-state index contributed by atoms with van der Waals surface area (Å²) in [5.74, 6) is -0.309. The van der Waals surface area contributed by atoms with E-state index in [4.69, 9.17) is 21.1 Å². The van der Waals surface area contributed by atoms with Crippen LogP contribution < -0.4 is 20.1 Å². The van der Waals surface area contributed by atoms with Gasteiger partial charge in [-0.05, 0) is 24.6 Å². The van der Waals surface area contributed by atoms with Gasteiger partial charge in [0, 0.05) is 25.4 Å². The molecule has 0 bridgehead atoms. The molecule has 0 atom stereocenters. The molecule has 12 heteroatoms. The zero-order chi connectivity index (χ0) is 22.6. The van der Waals surface area contributed by atoms with E-state index in [9.17, 15) is 18.0 Å². The van der Waals surface area contributed by atoms with Crippen LogP contribution in [-0.2, 0) is 12.7 Å². The van der Waals surface area contributed by atoms with Crippen LogP contribution in [0.25, 0.3) is 11.2 Å². The number of amides is 2. The molecule has 3 aromatic rings. The van der Waals surface area contributed by atoms with E-state index in [1.54, 1.807) is 0 Å². The summed E-state index contributed by atoms with van der Waals surface area (Å²) in [4.78, 5) is 19.8. The molecule has 0 aliphatic carbocycles. The van der Waals surface area contributed by atoms with Gasteiger partial charge in [-0.3, -0.25) is 0 Å². The Morgan fingerprint density at radius 3 is 2.65 bits per heavy atom. The number of halogens is 4. The number of nitrogens with one attached hydrogen (secondary N) is 2. The molecule has 0 spiro atoms. The maximum Gasteiger partial charge on any atom is 0.449 e. The summed E-state index contributed by atoms with van der Waals surface area (Å²) in [5, 5.41) is 5.45. The van der Waals surface area contributed by atoms with Gasteiger partial charge in [0.2, 0.25) is 5.82 Å². The number of carbonyl (C=O) groups is 1. The van der Waals surface area contributed by atoms with Gasteiger partial charge in [0.05, 0.1) is 24.9 Å². The lowest BCUT2D eigenvalue weighted by Gasteiger charge is -2.14. The number of benzene rings is 1. The third-order valence-electron chi connectivity index (χ3n) is 4.32. The van der Waals surface area contributed by atoms with Crippen molar-refractivity contribution in [3.8, 4) is 11.5 Å². The number of hydrogen-bond donors (Lipinski definition) is 2. The van der Waals surface area contributed by atoms with Crippen LogP contribution in [0.3, 0.4) is 0 Å². The van der Waals surface area contributed by atoms with Crippen LogP contribution in [0.2, 0.25) is 5.02 Å². The number of ether oxygens (including phenoxy) is 2. The first-order valence-corrected chi connectivity index (χ1v) is 9.47. The molecule has 3 rings (SSSR count). The third-order valence-corrected chi connectivity index (χ3v) is 4.62. The van der Waals surface area contributed by atoms with Gasteiger partial charge in [-0.2, -0.15) is 13.2 Å². The quantitative estimate of drug-likeness (QED) is 0.515. The van der Waals surface area contributed by atoms with Gasteiger partial charge in [0.25, 0.3) is 0 Å². The molecule has 0 aliphatic heterocycles. The van der Waals surface area contributed by atoms with Gasteiger partial charge < -0.3 is 24.7 Å². The predicted octanol–water partition coefficient (Wildman–Crippen LogP) is 4.33. The number of anilines is 1. The summed E-state index contributed by atoms with van der Waals surface area (Å²) in [5.41, 5.74) is 0.607. The van der Waals surface area contributed by atoms with E-state index in [1.165, 1.54) is 44.7 Å². The molecule has 166 valence electrons. The fraction of sp³-hybridized carbons (Fsp3) is 0.316. The standard InChI is InChI=1S/C19H19ClF3N5O3/c1-30-14-10-15(31-2)13(9-11(14)20)27-18(29)25-7-4-8-28-16-12(5-3-6-24-16)26-17(28)19(21,22)23/h3,5-6,9-10H,4,7-8H2,1-2H3,(H2,25,27,29). The fourth-order valence-corrected chi connectivity index (χ4v) is 3.19. The second kappa shape index (κ2) is 9.29. The van der Waals surface area contributed by atoms with Gasteiger partial charge in [0.15, 0.2) is 5.65 Å². The number of alkyl halides is 3. The SMILES string of the molecule is COc1cc(OC)c(NC(=O)NCCCn2c(C(F)(F)F)nc3cccnc32)cc1Cl. The fourth-order valence-electron chi connectivity index (χ4n) is 2.95. The van der Waals surface area contributed by atoms with Crippen molar-refractivity contribution >= 4 is 34.5 Å². The molecule has 2 N–H and O–H groups in total. The van der Waals surface area contributed by atoms with Crippen LogP contribution in [0.15, 0.2) is 30.5 Å². The first-order chi connectivity index (χ1) is 14.7. The first-order valence-electron chi connectivity index (χ1n) is 9.09. The second-order valence-corrected chi connectivity index (χ2v) is 6.76. The van der Waals surface area contributed by atoms with Crippen molar-refractivity contribution in [2.24, 2.45) is 0 Å². The number of aromatic nitrogens is 3. The lowest BCUT2D eigenvalue weighted by atomic mass is 10.2. The molecule has 0 saturated heterocycles. The second-order valence-electron chi connectivity index (χ2n) is 6.35. The summed E-state index contributed by atoms with van der Waals surface area (Å²) in [6.45, 7) is 0.0855. The molecule has 0 unspecified atom stereocenters. The van der Waals surface area contributed by atoms with Crippen LogP contribution >= 0.6 is 11.6 Å². The van der Waals surface area contributed by atoms with E-state index in [0.29, 0.717) is 17.2 Å². The van der Waals surface area contributed by atoms with E-state index in [0.717, 1.165) is 4.57 Å². The number of pyridine rings is 1. The smallest absolute Gasteiger partial charge is 0.449 e. The average Bonchev–Trinajstić information content (AvgIpc) is 3.10. The molecular formula is C19H19ClF3N5O3. The molecule has 1 aromatic carbocycles. The Morgan fingerprint density at radius 1 is 1.23 bits per heavy atom. The highest BCUT2D eigenvalue weighted by Gasteiger charge is 2.37. The first kappa shape index (κ1) is 22.5. The zero-order valence-corrected chi connectivity index (χ0v) is 17.3. The average molecular weight is 458 g/mol. The van der Waals surface area contributed by atoms with E-state index >= 15 is 0 Å².